The lowest BCUT2D eigenvalue weighted by atomic mass is 10.00. The molecular formula is C16H17NO. The van der Waals surface area contributed by atoms with Gasteiger partial charge < -0.3 is 10.4 Å². The van der Waals surface area contributed by atoms with Crippen molar-refractivity contribution in [2.24, 2.45) is 0 Å². The Labute approximate surface area is 107 Å². The Balaban J connectivity index is 1.66. The SMILES string of the molecule is OC(CC1Cc2ccccc2N1)c1ccccc1. The summed E-state index contributed by atoms with van der Waals surface area (Å²) in [7, 11) is 0. The minimum Gasteiger partial charge on any atom is -0.388 e. The number of para-hydroxylation sites is 1. The highest BCUT2D eigenvalue weighted by Crippen LogP contribution is 2.29. The first kappa shape index (κ1) is 11.3. The maximum absolute atomic E-state index is 10.2. The van der Waals surface area contributed by atoms with E-state index in [-0.39, 0.29) is 0 Å². The van der Waals surface area contributed by atoms with Crippen molar-refractivity contribution in [1.29, 1.82) is 0 Å². The van der Waals surface area contributed by atoms with Crippen LogP contribution < -0.4 is 5.32 Å². The topological polar surface area (TPSA) is 32.3 Å². The van der Waals surface area contributed by atoms with Gasteiger partial charge in [-0.2, -0.15) is 0 Å². The lowest BCUT2D eigenvalue weighted by molar-refractivity contribution is 0.161. The van der Waals surface area contributed by atoms with E-state index in [4.69, 9.17) is 0 Å². The Kier molecular flexibility index (Phi) is 3.03. The minimum absolute atomic E-state index is 0.331. The highest BCUT2D eigenvalue weighted by molar-refractivity contribution is 5.56. The minimum atomic E-state index is -0.391. The molecule has 0 saturated carbocycles. The fraction of sp³-hybridized carbons (Fsp3) is 0.250. The smallest absolute Gasteiger partial charge is 0.0809 e. The van der Waals surface area contributed by atoms with Crippen LogP contribution in [-0.2, 0) is 6.42 Å². The van der Waals surface area contributed by atoms with E-state index in [1.807, 2.05) is 36.4 Å². The molecule has 2 aromatic carbocycles. The second-order valence-electron chi connectivity index (χ2n) is 4.86. The van der Waals surface area contributed by atoms with E-state index >= 15 is 0 Å². The third-order valence-electron chi connectivity index (χ3n) is 3.54. The molecule has 0 radical (unpaired) electrons. The summed E-state index contributed by atoms with van der Waals surface area (Å²) < 4.78 is 0. The Bertz CT molecular complexity index is 499. The zero-order chi connectivity index (χ0) is 12.4. The third-order valence-corrected chi connectivity index (χ3v) is 3.54. The average molecular weight is 239 g/mol. The maximum Gasteiger partial charge on any atom is 0.0809 e. The quantitative estimate of drug-likeness (QED) is 0.862. The standard InChI is InChI=1S/C16H17NO/c18-16(12-6-2-1-3-7-12)11-14-10-13-8-4-5-9-15(13)17-14/h1-9,14,16-18H,10-11H2. The van der Waals surface area contributed by atoms with Crippen LogP contribution in [0, 0.1) is 0 Å². The van der Waals surface area contributed by atoms with Gasteiger partial charge in [0.15, 0.2) is 0 Å². The number of aliphatic hydroxyl groups excluding tert-OH is 1. The second kappa shape index (κ2) is 4.83. The molecule has 0 amide bonds. The fourth-order valence-corrected chi connectivity index (χ4v) is 2.60. The first-order valence-electron chi connectivity index (χ1n) is 6.40. The average Bonchev–Trinajstić information content (AvgIpc) is 2.82. The van der Waals surface area contributed by atoms with Crippen LogP contribution in [0.4, 0.5) is 5.69 Å². The van der Waals surface area contributed by atoms with Crippen molar-refractivity contribution in [2.45, 2.75) is 25.0 Å². The first-order chi connectivity index (χ1) is 8.83. The molecule has 2 atom stereocenters. The van der Waals surface area contributed by atoms with Crippen molar-refractivity contribution < 1.29 is 5.11 Å². The molecule has 3 rings (SSSR count). The lowest BCUT2D eigenvalue weighted by Gasteiger charge is -2.16. The van der Waals surface area contributed by atoms with E-state index in [2.05, 4.69) is 23.5 Å². The summed E-state index contributed by atoms with van der Waals surface area (Å²) in [5, 5.41) is 13.7. The Morgan fingerprint density at radius 3 is 2.56 bits per heavy atom. The van der Waals surface area contributed by atoms with Crippen molar-refractivity contribution in [1.82, 2.24) is 0 Å². The Hall–Kier alpha value is -1.80. The zero-order valence-corrected chi connectivity index (χ0v) is 10.2. The Morgan fingerprint density at radius 1 is 1.06 bits per heavy atom. The second-order valence-corrected chi connectivity index (χ2v) is 4.86. The summed E-state index contributed by atoms with van der Waals surface area (Å²) in [6, 6.07) is 18.6. The van der Waals surface area contributed by atoms with Crippen LogP contribution in [0.3, 0.4) is 0 Å². The summed E-state index contributed by atoms with van der Waals surface area (Å²) in [5.74, 6) is 0. The third kappa shape index (κ3) is 2.24. The number of hydrogen-bond acceptors (Lipinski definition) is 2. The summed E-state index contributed by atoms with van der Waals surface area (Å²) in [6.07, 6.45) is 1.36. The molecule has 0 bridgehead atoms. The molecule has 2 N–H and O–H groups in total. The molecule has 2 heteroatoms. The number of anilines is 1. The molecule has 0 fully saturated rings. The van der Waals surface area contributed by atoms with Crippen LogP contribution in [0.5, 0.6) is 0 Å². The van der Waals surface area contributed by atoms with Gasteiger partial charge in [-0.05, 0) is 30.0 Å². The van der Waals surface area contributed by atoms with E-state index < -0.39 is 6.10 Å². The van der Waals surface area contributed by atoms with E-state index in [0.29, 0.717) is 6.04 Å². The predicted molar refractivity (Wildman–Crippen MR) is 73.6 cm³/mol. The van der Waals surface area contributed by atoms with Gasteiger partial charge in [0.05, 0.1) is 6.10 Å². The molecule has 2 nitrogen and oxygen atoms in total. The monoisotopic (exact) mass is 239 g/mol. The molecule has 0 aliphatic carbocycles. The Morgan fingerprint density at radius 2 is 1.78 bits per heavy atom. The van der Waals surface area contributed by atoms with Gasteiger partial charge in [0.25, 0.3) is 0 Å². The predicted octanol–water partition coefficient (Wildman–Crippen LogP) is 3.15. The highest BCUT2D eigenvalue weighted by Gasteiger charge is 2.22. The summed E-state index contributed by atoms with van der Waals surface area (Å²) in [4.78, 5) is 0. The number of rotatable bonds is 3. The van der Waals surface area contributed by atoms with Gasteiger partial charge >= 0.3 is 0 Å². The van der Waals surface area contributed by atoms with Gasteiger partial charge in [0, 0.05) is 11.7 Å². The largest absolute Gasteiger partial charge is 0.388 e. The van der Waals surface area contributed by atoms with Gasteiger partial charge in [-0.15, -0.1) is 0 Å². The highest BCUT2D eigenvalue weighted by atomic mass is 16.3. The molecule has 1 aliphatic rings. The molecule has 0 saturated heterocycles. The molecule has 1 heterocycles. The van der Waals surface area contributed by atoms with Gasteiger partial charge in [-0.3, -0.25) is 0 Å². The number of aliphatic hydroxyl groups is 1. The first-order valence-corrected chi connectivity index (χ1v) is 6.40. The molecule has 18 heavy (non-hydrogen) atoms. The van der Waals surface area contributed by atoms with Gasteiger partial charge in [0.2, 0.25) is 0 Å². The summed E-state index contributed by atoms with van der Waals surface area (Å²) in [6.45, 7) is 0. The summed E-state index contributed by atoms with van der Waals surface area (Å²) >= 11 is 0. The van der Waals surface area contributed by atoms with E-state index in [1.165, 1.54) is 11.3 Å². The van der Waals surface area contributed by atoms with Gasteiger partial charge in [-0.1, -0.05) is 48.5 Å². The van der Waals surface area contributed by atoms with Crippen LogP contribution in [-0.4, -0.2) is 11.1 Å². The summed E-state index contributed by atoms with van der Waals surface area (Å²) in [5.41, 5.74) is 3.56. The maximum atomic E-state index is 10.2. The van der Waals surface area contributed by atoms with Crippen LogP contribution in [0.15, 0.2) is 54.6 Å². The molecular weight excluding hydrogens is 222 g/mol. The van der Waals surface area contributed by atoms with E-state index in [0.717, 1.165) is 18.4 Å². The van der Waals surface area contributed by atoms with Crippen LogP contribution in [0.2, 0.25) is 0 Å². The number of fused-ring (bicyclic) bond motifs is 1. The van der Waals surface area contributed by atoms with Gasteiger partial charge in [0.1, 0.15) is 0 Å². The molecule has 2 aromatic rings. The molecule has 1 aliphatic heterocycles. The van der Waals surface area contributed by atoms with Crippen molar-refractivity contribution in [3.63, 3.8) is 0 Å². The van der Waals surface area contributed by atoms with Gasteiger partial charge in [-0.25, -0.2) is 0 Å². The van der Waals surface area contributed by atoms with E-state index in [1.54, 1.807) is 0 Å². The molecule has 0 aromatic heterocycles. The van der Waals surface area contributed by atoms with Crippen LogP contribution in [0.25, 0.3) is 0 Å². The van der Waals surface area contributed by atoms with E-state index in [9.17, 15) is 5.11 Å². The lowest BCUT2D eigenvalue weighted by Crippen LogP contribution is -2.19. The van der Waals surface area contributed by atoms with Crippen molar-refractivity contribution in [3.8, 4) is 0 Å². The number of hydrogen-bond donors (Lipinski definition) is 2. The molecule has 0 spiro atoms. The van der Waals surface area contributed by atoms with Crippen LogP contribution >= 0.6 is 0 Å². The normalized spacial score (nSPS) is 19.1. The van der Waals surface area contributed by atoms with Crippen molar-refractivity contribution in [3.05, 3.63) is 65.7 Å². The number of nitrogens with one attached hydrogen (secondary N) is 1. The van der Waals surface area contributed by atoms with Crippen molar-refractivity contribution >= 4 is 5.69 Å². The molecule has 2 unspecified atom stereocenters. The molecule has 92 valence electrons. The van der Waals surface area contributed by atoms with Crippen molar-refractivity contribution in [2.75, 3.05) is 5.32 Å². The zero-order valence-electron chi connectivity index (χ0n) is 10.2. The number of benzene rings is 2. The fourth-order valence-electron chi connectivity index (χ4n) is 2.60. The van der Waals surface area contributed by atoms with Crippen LogP contribution in [0.1, 0.15) is 23.7 Å².